The maximum Gasteiger partial charge on any atom is 0.358 e. The SMILES string of the molecule is CCc1c(C(=O)OC)nn(-c2ccc(F)cc2)c1N. The number of esters is 1. The third kappa shape index (κ3) is 2.29. The van der Waals surface area contributed by atoms with E-state index in [4.69, 9.17) is 5.73 Å². The summed E-state index contributed by atoms with van der Waals surface area (Å²) in [6, 6.07) is 5.69. The number of anilines is 1. The lowest BCUT2D eigenvalue weighted by atomic mass is 10.2. The average Bonchev–Trinajstić information content (AvgIpc) is 2.76. The van der Waals surface area contributed by atoms with Crippen molar-refractivity contribution in [2.75, 3.05) is 12.8 Å². The predicted molar refractivity (Wildman–Crippen MR) is 68.7 cm³/mol. The Bertz CT molecular complexity index is 605. The standard InChI is InChI=1S/C13H14FN3O2/c1-3-10-11(13(18)19-2)16-17(12(10)15)9-6-4-8(14)5-7-9/h4-7H,3,15H2,1-2H3. The van der Waals surface area contributed by atoms with Crippen LogP contribution in [0.4, 0.5) is 10.2 Å². The molecule has 0 bridgehead atoms. The third-order valence-corrected chi connectivity index (χ3v) is 2.83. The number of carbonyl (C=O) groups is 1. The zero-order valence-electron chi connectivity index (χ0n) is 10.7. The van der Waals surface area contributed by atoms with Crippen molar-refractivity contribution >= 4 is 11.8 Å². The van der Waals surface area contributed by atoms with Gasteiger partial charge in [-0.15, -0.1) is 0 Å². The number of carbonyl (C=O) groups excluding carboxylic acids is 1. The van der Waals surface area contributed by atoms with Gasteiger partial charge in [-0.1, -0.05) is 6.92 Å². The van der Waals surface area contributed by atoms with E-state index in [1.54, 1.807) is 12.1 Å². The molecule has 2 aromatic rings. The number of hydrogen-bond donors (Lipinski definition) is 1. The Labute approximate surface area is 109 Å². The third-order valence-electron chi connectivity index (χ3n) is 2.83. The number of hydrogen-bond acceptors (Lipinski definition) is 4. The fraction of sp³-hybridized carbons (Fsp3) is 0.231. The Hall–Kier alpha value is -2.37. The highest BCUT2D eigenvalue weighted by atomic mass is 19.1. The maximum atomic E-state index is 12.9. The first-order valence-electron chi connectivity index (χ1n) is 5.80. The number of rotatable bonds is 3. The quantitative estimate of drug-likeness (QED) is 0.859. The average molecular weight is 263 g/mol. The van der Waals surface area contributed by atoms with Crippen LogP contribution in [0.1, 0.15) is 23.0 Å². The molecule has 1 heterocycles. The van der Waals surface area contributed by atoms with Crippen molar-refractivity contribution in [3.63, 3.8) is 0 Å². The van der Waals surface area contributed by atoms with Crippen molar-refractivity contribution in [3.8, 4) is 5.69 Å². The molecular formula is C13H14FN3O2. The van der Waals surface area contributed by atoms with E-state index in [-0.39, 0.29) is 11.5 Å². The van der Waals surface area contributed by atoms with Gasteiger partial charge in [-0.05, 0) is 30.7 Å². The zero-order chi connectivity index (χ0) is 14.0. The Morgan fingerprint density at radius 3 is 2.58 bits per heavy atom. The van der Waals surface area contributed by atoms with E-state index in [0.29, 0.717) is 23.5 Å². The van der Waals surface area contributed by atoms with Crippen molar-refractivity contribution in [3.05, 3.63) is 41.3 Å². The van der Waals surface area contributed by atoms with Crippen molar-refractivity contribution < 1.29 is 13.9 Å². The monoisotopic (exact) mass is 263 g/mol. The molecule has 100 valence electrons. The van der Waals surface area contributed by atoms with E-state index in [1.807, 2.05) is 6.92 Å². The molecule has 1 aromatic heterocycles. The van der Waals surface area contributed by atoms with Gasteiger partial charge >= 0.3 is 5.97 Å². The number of aromatic nitrogens is 2. The molecule has 2 rings (SSSR count). The summed E-state index contributed by atoms with van der Waals surface area (Å²) < 4.78 is 19.0. The van der Waals surface area contributed by atoms with Gasteiger partial charge in [0.2, 0.25) is 0 Å². The molecule has 0 saturated heterocycles. The minimum Gasteiger partial charge on any atom is -0.464 e. The summed E-state index contributed by atoms with van der Waals surface area (Å²) >= 11 is 0. The van der Waals surface area contributed by atoms with Crippen LogP contribution in [0.3, 0.4) is 0 Å². The molecule has 0 spiro atoms. The van der Waals surface area contributed by atoms with E-state index in [1.165, 1.54) is 23.9 Å². The molecule has 0 fully saturated rings. The van der Waals surface area contributed by atoms with Crippen LogP contribution in [0.15, 0.2) is 24.3 Å². The normalized spacial score (nSPS) is 10.5. The fourth-order valence-corrected chi connectivity index (χ4v) is 1.85. The topological polar surface area (TPSA) is 70.1 Å². The van der Waals surface area contributed by atoms with Crippen molar-refractivity contribution in [2.24, 2.45) is 0 Å². The molecule has 0 atom stereocenters. The second-order valence-electron chi connectivity index (χ2n) is 3.95. The first-order valence-corrected chi connectivity index (χ1v) is 5.80. The molecule has 0 aliphatic heterocycles. The van der Waals surface area contributed by atoms with Crippen LogP contribution in [0.25, 0.3) is 5.69 Å². The Balaban J connectivity index is 2.55. The molecule has 0 amide bonds. The molecule has 5 nitrogen and oxygen atoms in total. The van der Waals surface area contributed by atoms with E-state index < -0.39 is 5.97 Å². The molecular weight excluding hydrogens is 249 g/mol. The number of methoxy groups -OCH3 is 1. The molecule has 0 radical (unpaired) electrons. The number of benzene rings is 1. The van der Waals surface area contributed by atoms with Gasteiger partial charge in [-0.25, -0.2) is 13.9 Å². The first kappa shape index (κ1) is 13.1. The Morgan fingerprint density at radius 1 is 1.42 bits per heavy atom. The van der Waals surface area contributed by atoms with Crippen LogP contribution in [0, 0.1) is 5.82 Å². The minimum absolute atomic E-state index is 0.187. The van der Waals surface area contributed by atoms with Crippen LogP contribution in [0.2, 0.25) is 0 Å². The lowest BCUT2D eigenvalue weighted by Crippen LogP contribution is -2.06. The molecule has 2 N–H and O–H groups in total. The fourth-order valence-electron chi connectivity index (χ4n) is 1.85. The van der Waals surface area contributed by atoms with Crippen LogP contribution >= 0.6 is 0 Å². The number of nitrogen functional groups attached to an aromatic ring is 1. The molecule has 0 unspecified atom stereocenters. The van der Waals surface area contributed by atoms with Gasteiger partial charge in [-0.3, -0.25) is 0 Å². The highest BCUT2D eigenvalue weighted by Crippen LogP contribution is 2.22. The predicted octanol–water partition coefficient (Wildman–Crippen LogP) is 1.94. The largest absolute Gasteiger partial charge is 0.464 e. The number of nitrogens with two attached hydrogens (primary N) is 1. The summed E-state index contributed by atoms with van der Waals surface area (Å²) in [4.78, 5) is 11.6. The second kappa shape index (κ2) is 5.09. The lowest BCUT2D eigenvalue weighted by Gasteiger charge is -2.03. The van der Waals surface area contributed by atoms with Crippen molar-refractivity contribution in [2.45, 2.75) is 13.3 Å². The molecule has 0 aliphatic rings. The highest BCUT2D eigenvalue weighted by Gasteiger charge is 2.21. The van der Waals surface area contributed by atoms with Crippen LogP contribution in [0.5, 0.6) is 0 Å². The van der Waals surface area contributed by atoms with Crippen LogP contribution in [-0.2, 0) is 11.2 Å². The smallest absolute Gasteiger partial charge is 0.358 e. The van der Waals surface area contributed by atoms with Gasteiger partial charge in [0.05, 0.1) is 12.8 Å². The minimum atomic E-state index is -0.538. The maximum absolute atomic E-state index is 12.9. The van der Waals surface area contributed by atoms with Crippen LogP contribution < -0.4 is 5.73 Å². The summed E-state index contributed by atoms with van der Waals surface area (Å²) in [6.45, 7) is 1.87. The van der Waals surface area contributed by atoms with Gasteiger partial charge in [0.15, 0.2) is 5.69 Å². The highest BCUT2D eigenvalue weighted by molar-refractivity contribution is 5.90. The molecule has 19 heavy (non-hydrogen) atoms. The summed E-state index contributed by atoms with van der Waals surface area (Å²) in [7, 11) is 1.29. The second-order valence-corrected chi connectivity index (χ2v) is 3.95. The first-order chi connectivity index (χ1) is 9.08. The zero-order valence-corrected chi connectivity index (χ0v) is 10.7. The van der Waals surface area contributed by atoms with Gasteiger partial charge in [-0.2, -0.15) is 5.10 Å². The van der Waals surface area contributed by atoms with Crippen molar-refractivity contribution in [1.82, 2.24) is 9.78 Å². The summed E-state index contributed by atoms with van der Waals surface area (Å²) in [6.07, 6.45) is 0.553. The summed E-state index contributed by atoms with van der Waals surface area (Å²) in [5, 5.41) is 4.15. The van der Waals surface area contributed by atoms with E-state index in [0.717, 1.165) is 0 Å². The van der Waals surface area contributed by atoms with Crippen LogP contribution in [-0.4, -0.2) is 22.9 Å². The number of nitrogens with zero attached hydrogens (tertiary/aromatic N) is 2. The van der Waals surface area contributed by atoms with Crippen molar-refractivity contribution in [1.29, 1.82) is 0 Å². The summed E-state index contributed by atoms with van der Waals surface area (Å²) in [5.74, 6) is -0.530. The molecule has 6 heteroatoms. The molecule has 0 saturated carbocycles. The Kier molecular flexibility index (Phi) is 3.50. The van der Waals surface area contributed by atoms with E-state index in [9.17, 15) is 9.18 Å². The van der Waals surface area contributed by atoms with Gasteiger partial charge in [0.1, 0.15) is 11.6 Å². The lowest BCUT2D eigenvalue weighted by molar-refractivity contribution is 0.0592. The van der Waals surface area contributed by atoms with Gasteiger partial charge in [0.25, 0.3) is 0 Å². The van der Waals surface area contributed by atoms with Gasteiger partial charge < -0.3 is 10.5 Å². The molecule has 1 aromatic carbocycles. The number of ether oxygens (including phenoxy) is 1. The Morgan fingerprint density at radius 2 is 2.05 bits per heavy atom. The van der Waals surface area contributed by atoms with E-state index in [2.05, 4.69) is 9.84 Å². The number of halogens is 1. The molecule has 0 aliphatic carbocycles. The van der Waals surface area contributed by atoms with E-state index >= 15 is 0 Å². The summed E-state index contributed by atoms with van der Waals surface area (Å²) in [5.41, 5.74) is 7.37. The van der Waals surface area contributed by atoms with Gasteiger partial charge in [0, 0.05) is 5.56 Å².